The van der Waals surface area contributed by atoms with Crippen LogP contribution in [0.25, 0.3) is 0 Å². The zero-order valence-corrected chi connectivity index (χ0v) is 26.2. The molecule has 4 rings (SSSR count). The molecule has 1 unspecified atom stereocenters. The SMILES string of the molecule is CCCNC(=O)C(Cc1ccccc1)N(Cc1cccc(Cl)c1)C(=O)CN(c1cccc([N+](=O)[O-])c1)S(=O)(=O)c1ccccc1. The molecule has 4 aromatic carbocycles. The predicted molar refractivity (Wildman–Crippen MR) is 173 cm³/mol. The van der Waals surface area contributed by atoms with Crippen LogP contribution in [0.15, 0.2) is 114 Å². The number of carbonyl (C=O) groups is 2. The monoisotopic (exact) mass is 648 g/mol. The first-order chi connectivity index (χ1) is 21.6. The highest BCUT2D eigenvalue weighted by Crippen LogP contribution is 2.28. The number of nitro benzene ring substituents is 1. The van der Waals surface area contributed by atoms with Crippen molar-refractivity contribution in [3.05, 3.63) is 135 Å². The van der Waals surface area contributed by atoms with Crippen molar-refractivity contribution < 1.29 is 22.9 Å². The lowest BCUT2D eigenvalue weighted by Crippen LogP contribution is -2.53. The van der Waals surface area contributed by atoms with E-state index in [0.29, 0.717) is 23.6 Å². The second kappa shape index (κ2) is 15.3. The summed E-state index contributed by atoms with van der Waals surface area (Å²) in [5, 5.41) is 14.9. The highest BCUT2D eigenvalue weighted by Gasteiger charge is 2.35. The third-order valence-corrected chi connectivity index (χ3v) is 9.02. The molecule has 1 N–H and O–H groups in total. The van der Waals surface area contributed by atoms with E-state index < -0.39 is 39.3 Å². The maximum atomic E-state index is 14.4. The van der Waals surface area contributed by atoms with Gasteiger partial charge in [-0.05, 0) is 47.9 Å². The first-order valence-electron chi connectivity index (χ1n) is 14.3. The number of halogens is 1. The van der Waals surface area contributed by atoms with Crippen LogP contribution in [0, 0.1) is 10.1 Å². The first-order valence-corrected chi connectivity index (χ1v) is 16.1. The van der Waals surface area contributed by atoms with Crippen molar-refractivity contribution in [1.82, 2.24) is 10.2 Å². The molecule has 0 saturated carbocycles. The Labute approximate surface area is 267 Å². The summed E-state index contributed by atoms with van der Waals surface area (Å²) in [5.74, 6) is -1.09. The minimum Gasteiger partial charge on any atom is -0.354 e. The van der Waals surface area contributed by atoms with Crippen molar-refractivity contribution in [2.75, 3.05) is 17.4 Å². The number of nitro groups is 1. The molecule has 45 heavy (non-hydrogen) atoms. The number of anilines is 1. The molecule has 0 aliphatic rings. The number of carbonyl (C=O) groups excluding carboxylic acids is 2. The Kier molecular flexibility index (Phi) is 11.3. The molecule has 12 heteroatoms. The van der Waals surface area contributed by atoms with E-state index in [1.807, 2.05) is 37.3 Å². The Hall–Kier alpha value is -4.74. The zero-order valence-electron chi connectivity index (χ0n) is 24.6. The lowest BCUT2D eigenvalue weighted by molar-refractivity contribution is -0.384. The van der Waals surface area contributed by atoms with Crippen LogP contribution in [0.5, 0.6) is 0 Å². The topological polar surface area (TPSA) is 130 Å². The molecule has 234 valence electrons. The summed E-state index contributed by atoms with van der Waals surface area (Å²) in [4.78, 5) is 40.2. The molecule has 0 bridgehead atoms. The number of hydrogen-bond acceptors (Lipinski definition) is 6. The van der Waals surface area contributed by atoms with Gasteiger partial charge in [0.05, 0.1) is 15.5 Å². The van der Waals surface area contributed by atoms with Gasteiger partial charge in [0.15, 0.2) is 0 Å². The molecule has 0 aliphatic heterocycles. The van der Waals surface area contributed by atoms with Crippen LogP contribution in [0.2, 0.25) is 5.02 Å². The largest absolute Gasteiger partial charge is 0.354 e. The fraction of sp³-hybridized carbons (Fsp3) is 0.212. The van der Waals surface area contributed by atoms with Crippen molar-refractivity contribution in [2.24, 2.45) is 0 Å². The lowest BCUT2D eigenvalue weighted by Gasteiger charge is -2.34. The zero-order chi connectivity index (χ0) is 32.4. The fourth-order valence-corrected chi connectivity index (χ4v) is 6.40. The van der Waals surface area contributed by atoms with E-state index in [2.05, 4.69) is 5.32 Å². The van der Waals surface area contributed by atoms with Crippen molar-refractivity contribution in [1.29, 1.82) is 0 Å². The minimum absolute atomic E-state index is 0.0510. The van der Waals surface area contributed by atoms with Gasteiger partial charge >= 0.3 is 0 Å². The number of non-ortho nitro benzene ring substituents is 1. The Morgan fingerprint density at radius 2 is 1.53 bits per heavy atom. The van der Waals surface area contributed by atoms with E-state index in [1.165, 1.54) is 35.2 Å². The van der Waals surface area contributed by atoms with Crippen LogP contribution in [-0.2, 0) is 32.6 Å². The first kappa shape index (κ1) is 33.2. The second-order valence-corrected chi connectivity index (χ2v) is 12.5. The molecule has 4 aromatic rings. The van der Waals surface area contributed by atoms with Gasteiger partial charge in [0.2, 0.25) is 11.8 Å². The van der Waals surface area contributed by atoms with E-state index in [9.17, 15) is 28.1 Å². The van der Waals surface area contributed by atoms with E-state index in [-0.39, 0.29) is 29.2 Å². The summed E-state index contributed by atoms with van der Waals surface area (Å²) in [5.41, 5.74) is 1.01. The molecule has 0 fully saturated rings. The number of rotatable bonds is 14. The number of hydrogen-bond donors (Lipinski definition) is 1. The summed E-state index contributed by atoms with van der Waals surface area (Å²) in [7, 11) is -4.38. The van der Waals surface area contributed by atoms with Crippen LogP contribution >= 0.6 is 11.6 Å². The van der Waals surface area contributed by atoms with Gasteiger partial charge in [0.25, 0.3) is 15.7 Å². The summed E-state index contributed by atoms with van der Waals surface area (Å²) in [6.07, 6.45) is 0.826. The Morgan fingerprint density at radius 1 is 0.889 bits per heavy atom. The van der Waals surface area contributed by atoms with Crippen LogP contribution in [0.1, 0.15) is 24.5 Å². The molecule has 0 spiro atoms. The highest BCUT2D eigenvalue weighted by molar-refractivity contribution is 7.92. The molecule has 2 amide bonds. The summed E-state index contributed by atoms with van der Waals surface area (Å²) in [6, 6.07) is 27.6. The van der Waals surface area contributed by atoms with Crippen LogP contribution in [-0.4, -0.2) is 49.2 Å². The summed E-state index contributed by atoms with van der Waals surface area (Å²) in [6.45, 7) is 1.51. The molecule has 0 radical (unpaired) electrons. The van der Waals surface area contributed by atoms with Gasteiger partial charge < -0.3 is 10.2 Å². The van der Waals surface area contributed by atoms with Crippen molar-refractivity contribution in [3.63, 3.8) is 0 Å². The second-order valence-electron chi connectivity index (χ2n) is 10.2. The smallest absolute Gasteiger partial charge is 0.271 e. The minimum atomic E-state index is -4.38. The molecule has 10 nitrogen and oxygen atoms in total. The van der Waals surface area contributed by atoms with Gasteiger partial charge in [-0.1, -0.05) is 85.3 Å². The van der Waals surface area contributed by atoms with Crippen molar-refractivity contribution in [3.8, 4) is 0 Å². The molecular formula is C33H33ClN4O6S. The third-order valence-electron chi connectivity index (χ3n) is 7.00. The van der Waals surface area contributed by atoms with Gasteiger partial charge in [0.1, 0.15) is 12.6 Å². The van der Waals surface area contributed by atoms with E-state index in [4.69, 9.17) is 11.6 Å². The van der Waals surface area contributed by atoms with Crippen molar-refractivity contribution in [2.45, 2.75) is 37.2 Å². The summed E-state index contributed by atoms with van der Waals surface area (Å²) >= 11 is 6.26. The number of nitrogens with one attached hydrogen (secondary N) is 1. The molecule has 0 saturated heterocycles. The standard InChI is InChI=1S/C33H33ClN4O6S/c1-2-19-35-33(40)31(21-25-11-5-3-6-12-25)36(23-26-13-9-14-27(34)20-26)32(39)24-37(28-15-10-16-29(22-28)38(41)42)45(43,44)30-17-7-4-8-18-30/h3-18,20,22,31H,2,19,21,23-24H2,1H3,(H,35,40). The molecule has 1 atom stereocenters. The third kappa shape index (κ3) is 8.68. The number of nitrogens with zero attached hydrogens (tertiary/aromatic N) is 3. The number of amides is 2. The maximum absolute atomic E-state index is 14.4. The Morgan fingerprint density at radius 3 is 2.18 bits per heavy atom. The van der Waals surface area contributed by atoms with Crippen LogP contribution in [0.3, 0.4) is 0 Å². The molecular weight excluding hydrogens is 616 g/mol. The van der Waals surface area contributed by atoms with Gasteiger partial charge in [-0.15, -0.1) is 0 Å². The van der Waals surface area contributed by atoms with E-state index in [1.54, 1.807) is 42.5 Å². The highest BCUT2D eigenvalue weighted by atomic mass is 35.5. The summed E-state index contributed by atoms with van der Waals surface area (Å²) < 4.78 is 28.8. The molecule has 0 aromatic heterocycles. The predicted octanol–water partition coefficient (Wildman–Crippen LogP) is 5.61. The van der Waals surface area contributed by atoms with E-state index in [0.717, 1.165) is 15.9 Å². The van der Waals surface area contributed by atoms with Gasteiger partial charge in [0, 0.05) is 36.7 Å². The lowest BCUT2D eigenvalue weighted by atomic mass is 10.0. The maximum Gasteiger partial charge on any atom is 0.271 e. The van der Waals surface area contributed by atoms with Gasteiger partial charge in [-0.25, -0.2) is 8.42 Å². The molecule has 0 heterocycles. The average molecular weight is 649 g/mol. The Balaban J connectivity index is 1.82. The normalized spacial score (nSPS) is 11.8. The van der Waals surface area contributed by atoms with Crippen molar-refractivity contribution >= 4 is 44.8 Å². The van der Waals surface area contributed by atoms with Gasteiger partial charge in [-0.3, -0.25) is 24.0 Å². The van der Waals surface area contributed by atoms with Crippen LogP contribution < -0.4 is 9.62 Å². The average Bonchev–Trinajstić information content (AvgIpc) is 3.04. The van der Waals surface area contributed by atoms with Gasteiger partial charge in [-0.2, -0.15) is 0 Å². The Bertz CT molecular complexity index is 1740. The fourth-order valence-electron chi connectivity index (χ4n) is 4.76. The van der Waals surface area contributed by atoms with E-state index >= 15 is 0 Å². The molecule has 0 aliphatic carbocycles. The quantitative estimate of drug-likeness (QED) is 0.140. The van der Waals surface area contributed by atoms with Crippen LogP contribution in [0.4, 0.5) is 11.4 Å². The number of sulfonamides is 1. The number of benzene rings is 4.